The summed E-state index contributed by atoms with van der Waals surface area (Å²) >= 11 is 0. The summed E-state index contributed by atoms with van der Waals surface area (Å²) in [4.78, 5) is 0. The van der Waals surface area contributed by atoms with Crippen LogP contribution in [-0.4, -0.2) is 4.40 Å². The molecule has 2 heterocycles. The second-order valence-corrected chi connectivity index (χ2v) is 14.6. The minimum Gasteiger partial charge on any atom is -0.308 e. The van der Waals surface area contributed by atoms with Crippen molar-refractivity contribution in [1.29, 1.82) is 0 Å². The van der Waals surface area contributed by atoms with Crippen molar-refractivity contribution in [3.63, 3.8) is 0 Å². The molecular weight excluding hydrogens is 639 g/mol. The van der Waals surface area contributed by atoms with E-state index in [9.17, 15) is 0 Å². The molecule has 9 aromatic carbocycles. The van der Waals surface area contributed by atoms with Crippen molar-refractivity contribution in [3.8, 4) is 44.5 Å². The molecule has 11 aromatic rings. The highest BCUT2D eigenvalue weighted by Crippen LogP contribution is 2.50. The van der Waals surface area contributed by atoms with Crippen molar-refractivity contribution < 1.29 is 0 Å². The summed E-state index contributed by atoms with van der Waals surface area (Å²) in [7, 11) is 0. The molecule has 1 heteroatoms. The van der Waals surface area contributed by atoms with Crippen LogP contribution in [0.15, 0.2) is 176 Å². The van der Waals surface area contributed by atoms with Crippen LogP contribution in [-0.2, 0) is 0 Å². The number of fused-ring (bicyclic) bond motifs is 8. The third-order valence-electron chi connectivity index (χ3n) is 11.5. The first-order valence-electron chi connectivity index (χ1n) is 18.5. The Morgan fingerprint density at radius 1 is 0.340 bits per heavy atom. The summed E-state index contributed by atoms with van der Waals surface area (Å²) in [5, 5.41) is 10.3. The largest absolute Gasteiger partial charge is 0.308 e. The van der Waals surface area contributed by atoms with Gasteiger partial charge in [0.05, 0.1) is 16.6 Å². The van der Waals surface area contributed by atoms with Gasteiger partial charge in [-0.1, -0.05) is 164 Å². The fourth-order valence-corrected chi connectivity index (χ4v) is 9.19. The Kier molecular flexibility index (Phi) is 6.45. The van der Waals surface area contributed by atoms with E-state index in [-0.39, 0.29) is 0 Å². The standard InChI is InChI=1S/C52H35N/c1-32-28-36(34-14-5-3-6-15-34)24-26-40(32)48-42-20-11-9-18-38(42)30-46-50(48)44-22-13-23-45-51-47(53(46)52(44)45)31-39-19-10-12-21-43(39)49(51)41-27-25-37(29-33(41)2)35-16-7-4-8-17-35/h3-31H,1-2H3. The van der Waals surface area contributed by atoms with Gasteiger partial charge in [0.15, 0.2) is 0 Å². The number of para-hydroxylation sites is 1. The van der Waals surface area contributed by atoms with Gasteiger partial charge in [0, 0.05) is 21.5 Å². The fourth-order valence-electron chi connectivity index (χ4n) is 9.19. The number of hydrogen-bond donors (Lipinski definition) is 0. The molecule has 0 amide bonds. The third-order valence-corrected chi connectivity index (χ3v) is 11.5. The Labute approximate surface area is 308 Å². The van der Waals surface area contributed by atoms with Crippen LogP contribution < -0.4 is 0 Å². The Hall–Kier alpha value is -6.70. The second-order valence-electron chi connectivity index (χ2n) is 14.6. The highest BCUT2D eigenvalue weighted by Gasteiger charge is 2.25. The van der Waals surface area contributed by atoms with Gasteiger partial charge in [-0.2, -0.15) is 0 Å². The molecule has 0 bridgehead atoms. The monoisotopic (exact) mass is 673 g/mol. The van der Waals surface area contributed by atoms with Gasteiger partial charge in [-0.15, -0.1) is 0 Å². The summed E-state index contributed by atoms with van der Waals surface area (Å²) in [5.74, 6) is 0. The molecule has 0 radical (unpaired) electrons. The van der Waals surface area contributed by atoms with Gasteiger partial charge < -0.3 is 4.40 Å². The maximum absolute atomic E-state index is 2.57. The smallest absolute Gasteiger partial charge is 0.0620 e. The fraction of sp³-hybridized carbons (Fsp3) is 0.0385. The van der Waals surface area contributed by atoms with E-state index in [0.29, 0.717) is 0 Å². The highest BCUT2D eigenvalue weighted by atomic mass is 14.9. The topological polar surface area (TPSA) is 4.41 Å². The minimum absolute atomic E-state index is 1.24. The highest BCUT2D eigenvalue weighted by molar-refractivity contribution is 6.32. The predicted molar refractivity (Wildman–Crippen MR) is 227 cm³/mol. The lowest BCUT2D eigenvalue weighted by Crippen LogP contribution is -1.91. The molecule has 0 N–H and O–H groups in total. The number of aryl methyl sites for hydroxylation is 2. The van der Waals surface area contributed by atoms with Crippen molar-refractivity contribution in [1.82, 2.24) is 4.40 Å². The van der Waals surface area contributed by atoms with Crippen LogP contribution in [0.1, 0.15) is 11.1 Å². The zero-order valence-corrected chi connectivity index (χ0v) is 29.7. The molecule has 1 nitrogen and oxygen atoms in total. The average Bonchev–Trinajstić information content (AvgIpc) is 3.72. The van der Waals surface area contributed by atoms with Crippen molar-refractivity contribution in [2.75, 3.05) is 0 Å². The van der Waals surface area contributed by atoms with Crippen LogP contribution in [0.5, 0.6) is 0 Å². The normalized spacial score (nSPS) is 12.0. The van der Waals surface area contributed by atoms with Crippen LogP contribution in [0.3, 0.4) is 0 Å². The summed E-state index contributed by atoms with van der Waals surface area (Å²) in [6.45, 7) is 4.54. The molecule has 11 rings (SSSR count). The van der Waals surface area contributed by atoms with E-state index in [1.54, 1.807) is 0 Å². The summed E-state index contributed by atoms with van der Waals surface area (Å²) in [6.07, 6.45) is 0. The molecule has 0 unspecified atom stereocenters. The first-order chi connectivity index (χ1) is 26.1. The van der Waals surface area contributed by atoms with Crippen LogP contribution in [0.4, 0.5) is 0 Å². The Bertz CT molecular complexity index is 3010. The van der Waals surface area contributed by atoms with Gasteiger partial charge in [-0.25, -0.2) is 0 Å². The maximum Gasteiger partial charge on any atom is 0.0620 e. The lowest BCUT2D eigenvalue weighted by molar-refractivity contribution is 1.38. The van der Waals surface area contributed by atoms with Crippen molar-refractivity contribution in [2.24, 2.45) is 0 Å². The van der Waals surface area contributed by atoms with Crippen LogP contribution in [0.25, 0.3) is 104 Å². The Balaban J connectivity index is 1.25. The summed E-state index contributed by atoms with van der Waals surface area (Å²) < 4.78 is 2.57. The van der Waals surface area contributed by atoms with Crippen molar-refractivity contribution in [2.45, 2.75) is 13.8 Å². The van der Waals surface area contributed by atoms with Gasteiger partial charge >= 0.3 is 0 Å². The molecule has 0 atom stereocenters. The number of rotatable bonds is 4. The molecule has 0 aliphatic heterocycles. The lowest BCUT2D eigenvalue weighted by Gasteiger charge is -2.16. The molecule has 53 heavy (non-hydrogen) atoms. The zero-order chi connectivity index (χ0) is 35.2. The zero-order valence-electron chi connectivity index (χ0n) is 29.7. The van der Waals surface area contributed by atoms with Crippen molar-refractivity contribution in [3.05, 3.63) is 187 Å². The number of aromatic nitrogens is 1. The number of hydrogen-bond acceptors (Lipinski definition) is 0. The summed E-state index contributed by atoms with van der Waals surface area (Å²) in [5.41, 5.74) is 16.5. The Morgan fingerprint density at radius 2 is 0.755 bits per heavy atom. The molecule has 2 aromatic heterocycles. The van der Waals surface area contributed by atoms with E-state index in [1.165, 1.54) is 115 Å². The van der Waals surface area contributed by atoms with E-state index in [1.807, 2.05) is 0 Å². The van der Waals surface area contributed by atoms with E-state index >= 15 is 0 Å². The van der Waals surface area contributed by atoms with E-state index < -0.39 is 0 Å². The number of nitrogens with zero attached hydrogens (tertiary/aromatic N) is 1. The van der Waals surface area contributed by atoms with Crippen LogP contribution in [0.2, 0.25) is 0 Å². The third kappa shape index (κ3) is 4.38. The van der Waals surface area contributed by atoms with Gasteiger partial charge in [0.25, 0.3) is 0 Å². The van der Waals surface area contributed by atoms with E-state index in [4.69, 9.17) is 0 Å². The predicted octanol–water partition coefficient (Wildman–Crippen LogP) is 14.4. The van der Waals surface area contributed by atoms with Gasteiger partial charge in [-0.3, -0.25) is 0 Å². The molecule has 0 saturated heterocycles. The maximum atomic E-state index is 2.57. The molecule has 248 valence electrons. The average molecular weight is 674 g/mol. The Morgan fingerprint density at radius 3 is 1.21 bits per heavy atom. The molecule has 0 spiro atoms. The quantitative estimate of drug-likeness (QED) is 0.175. The molecule has 0 fully saturated rings. The summed E-state index contributed by atoms with van der Waals surface area (Å²) in [6, 6.07) is 65.1. The molecule has 0 aliphatic carbocycles. The first-order valence-corrected chi connectivity index (χ1v) is 18.5. The minimum atomic E-state index is 1.24. The van der Waals surface area contributed by atoms with Gasteiger partial charge in [-0.05, 0) is 103 Å². The molecular formula is C52H35N. The van der Waals surface area contributed by atoms with E-state index in [2.05, 4.69) is 194 Å². The molecule has 0 saturated carbocycles. The van der Waals surface area contributed by atoms with Crippen LogP contribution >= 0.6 is 0 Å². The molecule has 0 aliphatic rings. The van der Waals surface area contributed by atoms with Gasteiger partial charge in [0.1, 0.15) is 0 Å². The van der Waals surface area contributed by atoms with Crippen LogP contribution in [0, 0.1) is 13.8 Å². The van der Waals surface area contributed by atoms with Gasteiger partial charge in [0.2, 0.25) is 0 Å². The number of benzene rings is 9. The van der Waals surface area contributed by atoms with Crippen molar-refractivity contribution >= 4 is 59.6 Å². The SMILES string of the molecule is Cc1cc(-c2ccccc2)ccc1-c1c2ccccc2cc2c1c1cccc3c4c(-c5ccc(-c6ccccc6)cc5C)c5ccccc5cc4n2c13. The second kappa shape index (κ2) is 11.4. The lowest BCUT2D eigenvalue weighted by atomic mass is 9.88. The van der Waals surface area contributed by atoms with E-state index in [0.717, 1.165) is 0 Å². The first kappa shape index (κ1) is 30.0.